The Morgan fingerprint density at radius 3 is 2.30 bits per heavy atom. The average molecular weight is 512 g/mol. The van der Waals surface area contributed by atoms with Crippen molar-refractivity contribution in [2.45, 2.75) is 12.6 Å². The maximum Gasteiger partial charge on any atom is 0.393 e. The summed E-state index contributed by atoms with van der Waals surface area (Å²) in [4.78, 5) is 26.4. The van der Waals surface area contributed by atoms with Gasteiger partial charge in [-0.15, -0.1) is 0 Å². The normalized spacial score (nSPS) is 11.4. The molecule has 0 aliphatic rings. The first kappa shape index (κ1) is 25.6. The standard InChI is InChI=1S/C27H24F3N3O4/c1-36-22-9-7-17(12-23(22)37-2)25-20(13-27(28,29)30)19-11-16(6-8-21(19)33-25)15-4-3-5-18(10-15)26(35)32-14-24(31)34/h3-12,33H,13-14H2,1-2H3,(H2,31,34)(H,32,35). The second-order valence-electron chi connectivity index (χ2n) is 8.33. The van der Waals surface area contributed by atoms with Crippen molar-refractivity contribution in [2.75, 3.05) is 20.8 Å². The molecule has 7 nitrogen and oxygen atoms in total. The van der Waals surface area contributed by atoms with Crippen LogP contribution >= 0.6 is 0 Å². The fraction of sp³-hybridized carbons (Fsp3) is 0.185. The van der Waals surface area contributed by atoms with Crippen LogP contribution in [0.5, 0.6) is 11.5 Å². The number of nitrogens with one attached hydrogen (secondary N) is 2. The Morgan fingerprint density at radius 2 is 1.62 bits per heavy atom. The van der Waals surface area contributed by atoms with Crippen LogP contribution in [-0.4, -0.2) is 43.7 Å². The van der Waals surface area contributed by atoms with E-state index in [0.717, 1.165) is 0 Å². The summed E-state index contributed by atoms with van der Waals surface area (Å²) in [6, 6.07) is 16.6. The molecule has 3 aromatic carbocycles. The quantitative estimate of drug-likeness (QED) is 0.315. The summed E-state index contributed by atoms with van der Waals surface area (Å²) in [5.41, 5.74) is 8.07. The maximum absolute atomic E-state index is 13.7. The molecule has 0 radical (unpaired) electrons. The van der Waals surface area contributed by atoms with E-state index in [9.17, 15) is 22.8 Å². The van der Waals surface area contributed by atoms with Gasteiger partial charge in [0.15, 0.2) is 11.5 Å². The minimum absolute atomic E-state index is 0.0897. The van der Waals surface area contributed by atoms with Crippen molar-refractivity contribution < 1.29 is 32.2 Å². The van der Waals surface area contributed by atoms with Crippen LogP contribution in [0.2, 0.25) is 0 Å². The summed E-state index contributed by atoms with van der Waals surface area (Å²) in [5, 5.41) is 2.82. The summed E-state index contributed by atoms with van der Waals surface area (Å²) in [7, 11) is 2.94. The van der Waals surface area contributed by atoms with Gasteiger partial charge in [0.05, 0.1) is 32.9 Å². The number of methoxy groups -OCH3 is 2. The molecule has 0 spiro atoms. The number of aromatic amines is 1. The van der Waals surface area contributed by atoms with Crippen LogP contribution in [-0.2, 0) is 11.2 Å². The number of ether oxygens (including phenoxy) is 2. The largest absolute Gasteiger partial charge is 0.493 e. The van der Waals surface area contributed by atoms with Crippen molar-refractivity contribution >= 4 is 22.7 Å². The Bertz CT molecular complexity index is 1480. The summed E-state index contributed by atoms with van der Waals surface area (Å²) in [5.74, 6) is -0.313. The Balaban J connectivity index is 1.81. The number of rotatable bonds is 8. The highest BCUT2D eigenvalue weighted by molar-refractivity contribution is 5.98. The van der Waals surface area contributed by atoms with E-state index >= 15 is 0 Å². The summed E-state index contributed by atoms with van der Waals surface area (Å²) < 4.78 is 51.6. The van der Waals surface area contributed by atoms with Crippen LogP contribution < -0.4 is 20.5 Å². The van der Waals surface area contributed by atoms with Gasteiger partial charge in [-0.25, -0.2) is 0 Å². The van der Waals surface area contributed by atoms with E-state index in [0.29, 0.717) is 44.8 Å². The first-order chi connectivity index (χ1) is 17.6. The minimum Gasteiger partial charge on any atom is -0.493 e. The lowest BCUT2D eigenvalue weighted by molar-refractivity contribution is -0.127. The van der Waals surface area contributed by atoms with Crippen molar-refractivity contribution in [1.29, 1.82) is 0 Å². The van der Waals surface area contributed by atoms with E-state index < -0.39 is 24.4 Å². The molecule has 4 N–H and O–H groups in total. The highest BCUT2D eigenvalue weighted by atomic mass is 19.4. The van der Waals surface area contributed by atoms with Gasteiger partial charge in [0, 0.05) is 22.0 Å². The molecule has 4 rings (SSSR count). The highest BCUT2D eigenvalue weighted by Crippen LogP contribution is 2.39. The van der Waals surface area contributed by atoms with E-state index in [1.54, 1.807) is 60.7 Å². The summed E-state index contributed by atoms with van der Waals surface area (Å²) in [6.45, 7) is -0.307. The lowest BCUT2D eigenvalue weighted by Crippen LogP contribution is -2.33. The number of carbonyl (C=O) groups excluding carboxylic acids is 2. The van der Waals surface area contributed by atoms with Crippen LogP contribution in [0.1, 0.15) is 15.9 Å². The average Bonchev–Trinajstić information content (AvgIpc) is 3.22. The van der Waals surface area contributed by atoms with Gasteiger partial charge in [0.25, 0.3) is 5.91 Å². The second-order valence-corrected chi connectivity index (χ2v) is 8.33. The topological polar surface area (TPSA) is 106 Å². The predicted molar refractivity (Wildman–Crippen MR) is 134 cm³/mol. The molecule has 0 saturated heterocycles. The zero-order chi connectivity index (χ0) is 26.7. The fourth-order valence-corrected chi connectivity index (χ4v) is 4.16. The number of carbonyl (C=O) groups is 2. The van der Waals surface area contributed by atoms with E-state index in [1.807, 2.05) is 0 Å². The van der Waals surface area contributed by atoms with Crippen LogP contribution in [0.15, 0.2) is 60.7 Å². The van der Waals surface area contributed by atoms with Gasteiger partial charge < -0.3 is 25.5 Å². The van der Waals surface area contributed by atoms with Gasteiger partial charge in [-0.05, 0) is 59.2 Å². The zero-order valence-electron chi connectivity index (χ0n) is 20.0. The monoisotopic (exact) mass is 511 g/mol. The number of hydrogen-bond acceptors (Lipinski definition) is 4. The molecular weight excluding hydrogens is 487 g/mol. The molecule has 0 unspecified atom stereocenters. The SMILES string of the molecule is COc1ccc(-c2[nH]c3ccc(-c4cccc(C(=O)NCC(N)=O)c4)cc3c2CC(F)(F)F)cc1OC. The van der Waals surface area contributed by atoms with Crippen molar-refractivity contribution in [3.8, 4) is 33.9 Å². The lowest BCUT2D eigenvalue weighted by Gasteiger charge is -2.12. The van der Waals surface area contributed by atoms with Gasteiger partial charge in [0.1, 0.15) is 0 Å². The third kappa shape index (κ3) is 5.69. The molecule has 192 valence electrons. The number of nitrogens with two attached hydrogens (primary N) is 1. The molecule has 0 aliphatic carbocycles. The molecule has 1 heterocycles. The van der Waals surface area contributed by atoms with Crippen LogP contribution in [0.25, 0.3) is 33.3 Å². The van der Waals surface area contributed by atoms with Crippen molar-refractivity contribution in [1.82, 2.24) is 10.3 Å². The zero-order valence-corrected chi connectivity index (χ0v) is 20.0. The number of amides is 2. The molecule has 10 heteroatoms. The van der Waals surface area contributed by atoms with Gasteiger partial charge >= 0.3 is 6.18 Å². The smallest absolute Gasteiger partial charge is 0.393 e. The Labute approximate surface area is 210 Å². The molecule has 1 aromatic heterocycles. The van der Waals surface area contributed by atoms with Gasteiger partial charge in [0.2, 0.25) is 5.91 Å². The van der Waals surface area contributed by atoms with Crippen LogP contribution in [0.4, 0.5) is 13.2 Å². The summed E-state index contributed by atoms with van der Waals surface area (Å²) >= 11 is 0. The molecule has 37 heavy (non-hydrogen) atoms. The number of primary amides is 1. The number of alkyl halides is 3. The molecule has 0 atom stereocenters. The third-order valence-electron chi connectivity index (χ3n) is 5.84. The first-order valence-electron chi connectivity index (χ1n) is 11.2. The minimum atomic E-state index is -4.45. The lowest BCUT2D eigenvalue weighted by atomic mass is 9.98. The molecule has 0 saturated carbocycles. The van der Waals surface area contributed by atoms with E-state index in [4.69, 9.17) is 15.2 Å². The molecule has 0 bridgehead atoms. The second kappa shape index (κ2) is 10.3. The molecule has 0 fully saturated rings. The molecule has 4 aromatic rings. The fourth-order valence-electron chi connectivity index (χ4n) is 4.16. The number of aromatic nitrogens is 1. The number of H-pyrrole nitrogens is 1. The Morgan fingerprint density at radius 1 is 0.919 bits per heavy atom. The first-order valence-corrected chi connectivity index (χ1v) is 11.2. The Kier molecular flexibility index (Phi) is 7.10. The maximum atomic E-state index is 13.7. The number of hydrogen-bond donors (Lipinski definition) is 3. The summed E-state index contributed by atoms with van der Waals surface area (Å²) in [6.07, 6.45) is -5.59. The van der Waals surface area contributed by atoms with E-state index in [-0.39, 0.29) is 17.7 Å². The van der Waals surface area contributed by atoms with Crippen LogP contribution in [0, 0.1) is 0 Å². The van der Waals surface area contributed by atoms with Gasteiger partial charge in [-0.2, -0.15) is 13.2 Å². The Hall–Kier alpha value is -4.47. The van der Waals surface area contributed by atoms with Crippen molar-refractivity contribution in [3.63, 3.8) is 0 Å². The highest BCUT2D eigenvalue weighted by Gasteiger charge is 2.31. The number of halogens is 3. The van der Waals surface area contributed by atoms with Crippen molar-refractivity contribution in [3.05, 3.63) is 71.8 Å². The molecular formula is C27H24F3N3O4. The van der Waals surface area contributed by atoms with Gasteiger partial charge in [-0.3, -0.25) is 9.59 Å². The third-order valence-corrected chi connectivity index (χ3v) is 5.84. The number of fused-ring (bicyclic) bond motifs is 1. The van der Waals surface area contributed by atoms with Crippen LogP contribution in [0.3, 0.4) is 0 Å². The van der Waals surface area contributed by atoms with E-state index in [1.165, 1.54) is 14.2 Å². The predicted octanol–water partition coefficient (Wildman–Crippen LogP) is 4.84. The molecule has 0 aliphatic heterocycles. The van der Waals surface area contributed by atoms with Crippen molar-refractivity contribution in [2.24, 2.45) is 5.73 Å². The number of benzene rings is 3. The van der Waals surface area contributed by atoms with Gasteiger partial charge in [-0.1, -0.05) is 18.2 Å². The molecule has 2 amide bonds. The van der Waals surface area contributed by atoms with E-state index in [2.05, 4.69) is 10.3 Å².